The van der Waals surface area contributed by atoms with Gasteiger partial charge in [0, 0.05) is 23.4 Å². The summed E-state index contributed by atoms with van der Waals surface area (Å²) in [6, 6.07) is 7.48. The van der Waals surface area contributed by atoms with Crippen molar-refractivity contribution in [3.63, 3.8) is 0 Å². The van der Waals surface area contributed by atoms with Gasteiger partial charge in [-0.1, -0.05) is 12.1 Å². The third-order valence-corrected chi connectivity index (χ3v) is 5.18. The molecule has 3 heterocycles. The van der Waals surface area contributed by atoms with Crippen molar-refractivity contribution in [2.24, 2.45) is 7.05 Å². The number of hydrogen-bond acceptors (Lipinski definition) is 6. The fourth-order valence-electron chi connectivity index (χ4n) is 3.08. The van der Waals surface area contributed by atoms with Gasteiger partial charge in [-0.15, -0.1) is 11.3 Å². The number of anilines is 2. The molecule has 0 fully saturated rings. The number of carbonyl (C=O) groups is 1. The van der Waals surface area contributed by atoms with Gasteiger partial charge in [-0.3, -0.25) is 15.4 Å². The Morgan fingerprint density at radius 3 is 2.79 bits per heavy atom. The molecular weight excluding hydrogens is 393 g/mol. The van der Waals surface area contributed by atoms with Crippen LogP contribution in [0.5, 0.6) is 0 Å². The number of amides is 2. The normalized spacial score (nSPS) is 10.9. The van der Waals surface area contributed by atoms with Crippen LogP contribution in [0.1, 0.15) is 11.3 Å². The summed E-state index contributed by atoms with van der Waals surface area (Å²) in [5.74, 6) is 0.528. The third-order valence-electron chi connectivity index (χ3n) is 4.29. The number of benzene rings is 1. The van der Waals surface area contributed by atoms with E-state index in [0.29, 0.717) is 22.2 Å². The zero-order valence-corrected chi connectivity index (χ0v) is 16.8. The van der Waals surface area contributed by atoms with E-state index >= 15 is 0 Å². The Balaban J connectivity index is 1.42. The summed E-state index contributed by atoms with van der Waals surface area (Å²) in [7, 11) is 1.82. The van der Waals surface area contributed by atoms with Crippen molar-refractivity contribution >= 4 is 40.0 Å². The highest BCUT2D eigenvalue weighted by atomic mass is 32.1. The lowest BCUT2D eigenvalue weighted by molar-refractivity contribution is 0.253. The number of hydrazine groups is 1. The number of fused-ring (bicyclic) bond motifs is 1. The maximum Gasteiger partial charge on any atom is 0.339 e. The fraction of sp³-hybridized carbons (Fsp3) is 0.158. The molecule has 8 nitrogen and oxygen atoms in total. The van der Waals surface area contributed by atoms with E-state index in [-0.39, 0.29) is 5.82 Å². The van der Waals surface area contributed by atoms with Gasteiger partial charge in [-0.25, -0.2) is 24.6 Å². The van der Waals surface area contributed by atoms with Crippen molar-refractivity contribution in [1.82, 2.24) is 25.2 Å². The van der Waals surface area contributed by atoms with Crippen molar-refractivity contribution in [2.75, 3.05) is 10.7 Å². The molecule has 0 aliphatic heterocycles. The van der Waals surface area contributed by atoms with E-state index < -0.39 is 6.03 Å². The minimum absolute atomic E-state index is 0.336. The topological polar surface area (TPSA) is 96.8 Å². The van der Waals surface area contributed by atoms with Crippen molar-refractivity contribution in [3.8, 4) is 10.6 Å². The summed E-state index contributed by atoms with van der Waals surface area (Å²) in [6.45, 7) is 3.90. The van der Waals surface area contributed by atoms with E-state index in [1.54, 1.807) is 22.2 Å². The van der Waals surface area contributed by atoms with Crippen LogP contribution in [-0.4, -0.2) is 25.8 Å². The molecule has 0 bridgehead atoms. The van der Waals surface area contributed by atoms with Crippen LogP contribution < -0.4 is 16.2 Å². The Bertz CT molecular complexity index is 1220. The van der Waals surface area contributed by atoms with Crippen LogP contribution in [0.2, 0.25) is 0 Å². The molecule has 0 radical (unpaired) electrons. The molecule has 0 saturated heterocycles. The van der Waals surface area contributed by atoms with Gasteiger partial charge in [0.05, 0.1) is 5.69 Å². The van der Waals surface area contributed by atoms with Crippen LogP contribution in [0.3, 0.4) is 0 Å². The molecule has 3 aromatic heterocycles. The lowest BCUT2D eigenvalue weighted by atomic mass is 10.1. The summed E-state index contributed by atoms with van der Waals surface area (Å²) in [4.78, 5) is 21.0. The van der Waals surface area contributed by atoms with Gasteiger partial charge in [0.25, 0.3) is 0 Å². The summed E-state index contributed by atoms with van der Waals surface area (Å²) >= 11 is 1.31. The second-order valence-electron chi connectivity index (χ2n) is 6.48. The fourth-order valence-corrected chi connectivity index (χ4v) is 3.83. The molecule has 0 saturated carbocycles. The van der Waals surface area contributed by atoms with Crippen LogP contribution in [-0.2, 0) is 7.05 Å². The van der Waals surface area contributed by atoms with E-state index in [0.717, 1.165) is 22.3 Å². The highest BCUT2D eigenvalue weighted by molar-refractivity contribution is 7.13. The largest absolute Gasteiger partial charge is 0.339 e. The standard InChI is InChI=1S/C19H18FN7OS/c1-10-7-14(21-17-16(10)11(2)26-27(17)3)24-25-19(28)23-15-9-29-18(22-15)12-5-4-6-13(20)8-12/h4-9H,1-3H3,(H,21,24)(H2,23,25,28). The van der Waals surface area contributed by atoms with Crippen molar-refractivity contribution in [1.29, 1.82) is 0 Å². The zero-order valence-electron chi connectivity index (χ0n) is 15.9. The number of aromatic nitrogens is 4. The second kappa shape index (κ2) is 7.47. The monoisotopic (exact) mass is 411 g/mol. The first-order valence-electron chi connectivity index (χ1n) is 8.76. The molecule has 2 amide bonds. The Kier molecular flexibility index (Phi) is 4.85. The van der Waals surface area contributed by atoms with E-state index in [1.165, 1.54) is 23.5 Å². The number of hydrogen-bond donors (Lipinski definition) is 3. The molecular formula is C19H18FN7OS. The Morgan fingerprint density at radius 2 is 2.00 bits per heavy atom. The van der Waals surface area contributed by atoms with E-state index in [4.69, 9.17) is 0 Å². The maximum absolute atomic E-state index is 13.4. The highest BCUT2D eigenvalue weighted by Gasteiger charge is 2.12. The van der Waals surface area contributed by atoms with Crippen LogP contribution in [0.15, 0.2) is 35.7 Å². The Hall–Kier alpha value is -3.53. The first kappa shape index (κ1) is 18.8. The molecule has 29 heavy (non-hydrogen) atoms. The number of aryl methyl sites for hydroxylation is 3. The molecule has 4 aromatic rings. The number of nitrogens with one attached hydrogen (secondary N) is 3. The predicted molar refractivity (Wildman–Crippen MR) is 111 cm³/mol. The van der Waals surface area contributed by atoms with Gasteiger partial charge in [0.1, 0.15) is 22.5 Å². The third kappa shape index (κ3) is 3.87. The molecule has 0 aliphatic rings. The second-order valence-corrected chi connectivity index (χ2v) is 7.34. The number of pyridine rings is 1. The van der Waals surface area contributed by atoms with Gasteiger partial charge in [-0.2, -0.15) is 5.10 Å². The molecule has 4 rings (SSSR count). The average molecular weight is 411 g/mol. The highest BCUT2D eigenvalue weighted by Crippen LogP contribution is 2.26. The lowest BCUT2D eigenvalue weighted by Crippen LogP contribution is -2.34. The van der Waals surface area contributed by atoms with Gasteiger partial charge in [-0.05, 0) is 37.6 Å². The Morgan fingerprint density at radius 1 is 1.17 bits per heavy atom. The average Bonchev–Trinajstić information content (AvgIpc) is 3.25. The number of thiazole rings is 1. The zero-order chi connectivity index (χ0) is 20.5. The number of nitrogens with zero attached hydrogens (tertiary/aromatic N) is 4. The van der Waals surface area contributed by atoms with Gasteiger partial charge in [0.15, 0.2) is 5.65 Å². The van der Waals surface area contributed by atoms with Crippen molar-refractivity contribution in [2.45, 2.75) is 13.8 Å². The summed E-state index contributed by atoms with van der Waals surface area (Å²) < 4.78 is 15.1. The summed E-state index contributed by atoms with van der Waals surface area (Å²) in [5, 5.41) is 10.3. The summed E-state index contributed by atoms with van der Waals surface area (Å²) in [5.41, 5.74) is 8.62. The molecule has 148 valence electrons. The van der Waals surface area contributed by atoms with Gasteiger partial charge >= 0.3 is 6.03 Å². The molecule has 10 heteroatoms. The predicted octanol–water partition coefficient (Wildman–Crippen LogP) is 4.00. The quantitative estimate of drug-likeness (QED) is 0.441. The van der Waals surface area contributed by atoms with Crippen molar-refractivity contribution in [3.05, 3.63) is 52.8 Å². The van der Waals surface area contributed by atoms with Gasteiger partial charge < -0.3 is 0 Å². The number of halogens is 1. The minimum atomic E-state index is -0.498. The lowest BCUT2D eigenvalue weighted by Gasteiger charge is -2.09. The van der Waals surface area contributed by atoms with Crippen LogP contribution in [0.4, 0.5) is 20.8 Å². The molecule has 1 aromatic carbocycles. The SMILES string of the molecule is Cc1cc(NNC(=O)Nc2csc(-c3cccc(F)c3)n2)nc2c1c(C)nn2C. The van der Waals surface area contributed by atoms with E-state index in [2.05, 4.69) is 31.2 Å². The van der Waals surface area contributed by atoms with Gasteiger partial charge in [0.2, 0.25) is 0 Å². The number of urea groups is 1. The summed E-state index contributed by atoms with van der Waals surface area (Å²) in [6.07, 6.45) is 0. The molecule has 0 spiro atoms. The number of rotatable bonds is 4. The minimum Gasteiger partial charge on any atom is -0.290 e. The Labute approximate surface area is 169 Å². The van der Waals surface area contributed by atoms with Crippen LogP contribution in [0, 0.1) is 19.7 Å². The van der Waals surface area contributed by atoms with E-state index in [1.807, 2.05) is 27.0 Å². The first-order chi connectivity index (χ1) is 13.9. The molecule has 3 N–H and O–H groups in total. The molecule has 0 aliphatic carbocycles. The number of carbonyl (C=O) groups excluding carboxylic acids is 1. The van der Waals surface area contributed by atoms with Crippen LogP contribution >= 0.6 is 11.3 Å². The molecule has 0 atom stereocenters. The first-order valence-corrected chi connectivity index (χ1v) is 9.64. The van der Waals surface area contributed by atoms with E-state index in [9.17, 15) is 9.18 Å². The maximum atomic E-state index is 13.4. The molecule has 0 unspecified atom stereocenters. The smallest absolute Gasteiger partial charge is 0.290 e. The van der Waals surface area contributed by atoms with Crippen LogP contribution in [0.25, 0.3) is 21.6 Å². The van der Waals surface area contributed by atoms with Crippen molar-refractivity contribution < 1.29 is 9.18 Å².